The Kier molecular flexibility index (Phi) is 44.5. The lowest BCUT2D eigenvalue weighted by atomic mass is 10.1. The summed E-state index contributed by atoms with van der Waals surface area (Å²) in [5.74, 6) is -1.08. The molecule has 70 heavy (non-hydrogen) atoms. The SMILES string of the molecule is CC/C=C\C/C=C\C/C=C\C/C=C\C/C=C\CCCCCC(=O)OCC(O)COP(=O)(O)OCC(O)COP(=O)(O)OCC(O)COC(=O)CCCCC/C=C/C=C/C=C/C=C/C=C\C=C\C=C\CC. The fourth-order valence-corrected chi connectivity index (χ4v) is 6.87. The van der Waals surface area contributed by atoms with Gasteiger partial charge in [0.15, 0.2) is 0 Å². The maximum Gasteiger partial charge on any atom is 0.472 e. The Morgan fingerprint density at radius 3 is 1.06 bits per heavy atom. The van der Waals surface area contributed by atoms with Crippen LogP contribution in [0.15, 0.2) is 146 Å². The van der Waals surface area contributed by atoms with Crippen LogP contribution in [0.3, 0.4) is 0 Å². The number of rotatable bonds is 44. The highest BCUT2D eigenvalue weighted by Gasteiger charge is 2.28. The lowest BCUT2D eigenvalue weighted by Gasteiger charge is -2.19. The Morgan fingerprint density at radius 1 is 0.386 bits per heavy atom. The van der Waals surface area contributed by atoms with Gasteiger partial charge in [-0.15, -0.1) is 0 Å². The van der Waals surface area contributed by atoms with Crippen molar-refractivity contribution in [3.63, 3.8) is 0 Å². The Labute approximate surface area is 418 Å². The van der Waals surface area contributed by atoms with Crippen LogP contribution >= 0.6 is 15.6 Å². The molecule has 5 unspecified atom stereocenters. The molecule has 0 aromatic rings. The summed E-state index contributed by atoms with van der Waals surface area (Å²) < 4.78 is 53.0. The van der Waals surface area contributed by atoms with Crippen molar-refractivity contribution in [2.75, 3.05) is 39.6 Å². The first kappa shape index (κ1) is 65.9. The number of carbonyl (C=O) groups is 2. The van der Waals surface area contributed by atoms with E-state index < -0.39 is 85.5 Å². The van der Waals surface area contributed by atoms with Gasteiger partial charge in [-0.1, -0.05) is 173 Å². The molecule has 0 bridgehead atoms. The predicted octanol–water partition coefficient (Wildman–Crippen LogP) is 11.4. The average molecular weight is 1020 g/mol. The zero-order chi connectivity index (χ0) is 51.7. The van der Waals surface area contributed by atoms with E-state index in [0.717, 1.165) is 77.0 Å². The number of ether oxygens (including phenoxy) is 2. The minimum absolute atomic E-state index is 0.134. The molecule has 0 heterocycles. The van der Waals surface area contributed by atoms with Gasteiger partial charge in [0.2, 0.25) is 0 Å². The highest BCUT2D eigenvalue weighted by atomic mass is 31.2. The van der Waals surface area contributed by atoms with Crippen molar-refractivity contribution in [2.45, 2.75) is 135 Å². The summed E-state index contributed by atoms with van der Waals surface area (Å²) in [5, 5.41) is 30.0. The van der Waals surface area contributed by atoms with Crippen molar-refractivity contribution < 1.29 is 71.4 Å². The number of allylic oxidation sites excluding steroid dienone is 24. The third-order valence-electron chi connectivity index (χ3n) is 8.98. The van der Waals surface area contributed by atoms with Crippen molar-refractivity contribution in [1.82, 2.24) is 0 Å². The van der Waals surface area contributed by atoms with Crippen LogP contribution in [0.2, 0.25) is 0 Å². The first-order valence-corrected chi connectivity index (χ1v) is 27.3. The number of unbranched alkanes of at least 4 members (excludes halogenated alkanes) is 6. The van der Waals surface area contributed by atoms with Crippen LogP contribution in [0.5, 0.6) is 0 Å². The minimum atomic E-state index is -4.81. The van der Waals surface area contributed by atoms with Crippen molar-refractivity contribution in [3.05, 3.63) is 146 Å². The molecule has 15 nitrogen and oxygen atoms in total. The second-order valence-electron chi connectivity index (χ2n) is 15.5. The molecule has 394 valence electrons. The van der Waals surface area contributed by atoms with Crippen molar-refractivity contribution >= 4 is 27.6 Å². The maximum absolute atomic E-state index is 12.2. The van der Waals surface area contributed by atoms with Gasteiger partial charge in [0.1, 0.15) is 31.5 Å². The van der Waals surface area contributed by atoms with Gasteiger partial charge in [-0.3, -0.25) is 27.7 Å². The Balaban J connectivity index is 4.02. The van der Waals surface area contributed by atoms with Gasteiger partial charge in [0, 0.05) is 12.8 Å². The summed E-state index contributed by atoms with van der Waals surface area (Å²) in [7, 11) is -9.62. The smallest absolute Gasteiger partial charge is 0.463 e. The number of hydrogen-bond acceptors (Lipinski definition) is 13. The number of aliphatic hydroxyl groups excluding tert-OH is 3. The van der Waals surface area contributed by atoms with Crippen molar-refractivity contribution in [2.24, 2.45) is 0 Å². The van der Waals surface area contributed by atoms with E-state index in [9.17, 15) is 43.8 Å². The Bertz CT molecular complexity index is 1810. The van der Waals surface area contributed by atoms with Gasteiger partial charge in [-0.05, 0) is 77.0 Å². The normalized spacial score (nSPS) is 16.2. The van der Waals surface area contributed by atoms with Crippen LogP contribution in [0.1, 0.15) is 117 Å². The average Bonchev–Trinajstić information content (AvgIpc) is 3.34. The van der Waals surface area contributed by atoms with E-state index in [-0.39, 0.29) is 12.8 Å². The zero-order valence-corrected chi connectivity index (χ0v) is 43.1. The van der Waals surface area contributed by atoms with Crippen LogP contribution in [-0.2, 0) is 46.3 Å². The molecule has 0 fully saturated rings. The lowest BCUT2D eigenvalue weighted by Crippen LogP contribution is -2.25. The molecular formula is C53H82O15P2. The van der Waals surface area contributed by atoms with E-state index in [4.69, 9.17) is 9.47 Å². The predicted molar refractivity (Wildman–Crippen MR) is 278 cm³/mol. The summed E-state index contributed by atoms with van der Waals surface area (Å²) in [5.41, 5.74) is 0. The molecule has 5 atom stereocenters. The van der Waals surface area contributed by atoms with Crippen LogP contribution in [-0.4, -0.2) is 95.0 Å². The number of aliphatic hydroxyl groups is 3. The maximum atomic E-state index is 12.2. The summed E-state index contributed by atoms with van der Waals surface area (Å²) >= 11 is 0. The number of phosphoric ester groups is 2. The molecule has 0 aliphatic carbocycles. The van der Waals surface area contributed by atoms with Crippen LogP contribution in [0, 0.1) is 0 Å². The van der Waals surface area contributed by atoms with Crippen molar-refractivity contribution in [1.29, 1.82) is 0 Å². The quantitative estimate of drug-likeness (QED) is 0.0126. The molecule has 0 aliphatic rings. The first-order chi connectivity index (χ1) is 33.8. The Hall–Kier alpha value is -4.08. The first-order valence-electron chi connectivity index (χ1n) is 24.3. The second-order valence-corrected chi connectivity index (χ2v) is 18.5. The largest absolute Gasteiger partial charge is 0.472 e. The molecule has 0 saturated carbocycles. The molecule has 0 aromatic carbocycles. The van der Waals surface area contributed by atoms with E-state index in [2.05, 4.69) is 98.8 Å². The molecule has 0 spiro atoms. The molecule has 0 saturated heterocycles. The van der Waals surface area contributed by atoms with Gasteiger partial charge in [0.25, 0.3) is 0 Å². The summed E-state index contributed by atoms with van der Waals surface area (Å²) in [6.45, 7) is 0.0130. The summed E-state index contributed by atoms with van der Waals surface area (Å²) in [6.07, 6.45) is 56.8. The standard InChI is InChI=1S/C53H82O15P2/c1-3-5-7-9-11-13-15-17-19-21-23-25-27-29-31-33-35-37-39-41-52(57)63-43-49(54)45-65-69(59,60)67-47-51(56)48-68-70(61,62)66-46-50(55)44-64-53(58)42-40-38-36-34-32-30-28-26-24-22-20-18-16-14-12-10-8-6-4-2/h5-9,11-15,17-21,23-27,29-32,49-51,54-56H,3-4,10,16,22,28,33-48H2,1-2H3,(H,59,60)(H,61,62)/b7-5+,8-6-,11-9+,14-12-,15-13-,19-17+,20-18-,23-21+,26-24-,27-25+,31-29+,32-30-. The lowest BCUT2D eigenvalue weighted by molar-refractivity contribution is -0.148. The summed E-state index contributed by atoms with van der Waals surface area (Å²) in [6, 6.07) is 0. The minimum Gasteiger partial charge on any atom is -0.463 e. The third-order valence-corrected chi connectivity index (χ3v) is 10.9. The van der Waals surface area contributed by atoms with E-state index in [1.165, 1.54) is 0 Å². The van der Waals surface area contributed by atoms with E-state index in [1.807, 2.05) is 79.0 Å². The molecule has 0 rings (SSSR count). The molecule has 0 aliphatic heterocycles. The van der Waals surface area contributed by atoms with E-state index in [1.54, 1.807) is 0 Å². The van der Waals surface area contributed by atoms with Crippen molar-refractivity contribution in [3.8, 4) is 0 Å². The molecule has 17 heteroatoms. The molecule has 0 aromatic heterocycles. The second kappa shape index (κ2) is 47.3. The topological polar surface area (TPSA) is 225 Å². The van der Waals surface area contributed by atoms with E-state index >= 15 is 0 Å². The number of carbonyl (C=O) groups excluding carboxylic acids is 2. The van der Waals surface area contributed by atoms with Gasteiger partial charge in [-0.2, -0.15) is 0 Å². The highest BCUT2D eigenvalue weighted by molar-refractivity contribution is 7.47. The molecule has 0 amide bonds. The van der Waals surface area contributed by atoms with Gasteiger partial charge >= 0.3 is 27.6 Å². The zero-order valence-electron chi connectivity index (χ0n) is 41.4. The molecule has 0 radical (unpaired) electrons. The van der Waals surface area contributed by atoms with Crippen LogP contribution in [0.25, 0.3) is 0 Å². The molecule has 5 N–H and O–H groups in total. The Morgan fingerprint density at radius 2 is 0.686 bits per heavy atom. The van der Waals surface area contributed by atoms with Gasteiger partial charge in [-0.25, -0.2) is 9.13 Å². The van der Waals surface area contributed by atoms with E-state index in [0.29, 0.717) is 12.8 Å². The van der Waals surface area contributed by atoms with Crippen LogP contribution in [0.4, 0.5) is 0 Å². The highest BCUT2D eigenvalue weighted by Crippen LogP contribution is 2.45. The number of hydrogen-bond donors (Lipinski definition) is 5. The number of esters is 2. The summed E-state index contributed by atoms with van der Waals surface area (Å²) in [4.78, 5) is 43.8. The number of phosphoric acid groups is 2. The molecular weight excluding hydrogens is 939 g/mol. The van der Waals surface area contributed by atoms with Gasteiger partial charge < -0.3 is 34.6 Å². The van der Waals surface area contributed by atoms with Crippen LogP contribution < -0.4 is 0 Å². The fourth-order valence-electron chi connectivity index (χ4n) is 5.28. The fraction of sp³-hybridized carbons (Fsp3) is 0.509. The third kappa shape index (κ3) is 48.9. The monoisotopic (exact) mass is 1020 g/mol. The van der Waals surface area contributed by atoms with Gasteiger partial charge in [0.05, 0.1) is 26.4 Å².